The highest BCUT2D eigenvalue weighted by atomic mass is 16.5. The maximum atomic E-state index is 5.46. The van der Waals surface area contributed by atoms with Gasteiger partial charge in [0.05, 0.1) is 14.2 Å². The second-order valence-corrected chi connectivity index (χ2v) is 7.07. The minimum absolute atomic E-state index is 0.340. The number of benzene rings is 1. The molecule has 3 nitrogen and oxygen atoms in total. The molecule has 1 aliphatic carbocycles. The molecule has 0 radical (unpaired) electrons. The summed E-state index contributed by atoms with van der Waals surface area (Å²) in [5, 5.41) is 3.66. The molecule has 0 saturated heterocycles. The van der Waals surface area contributed by atoms with Crippen LogP contribution in [0.15, 0.2) is 18.2 Å². The average Bonchev–Trinajstić information content (AvgIpc) is 2.85. The molecule has 1 aromatic carbocycles. The second kappa shape index (κ2) is 5.53. The van der Waals surface area contributed by atoms with Gasteiger partial charge >= 0.3 is 0 Å². The van der Waals surface area contributed by atoms with E-state index >= 15 is 0 Å². The van der Waals surface area contributed by atoms with Crippen molar-refractivity contribution in [2.45, 2.75) is 40.7 Å². The lowest BCUT2D eigenvalue weighted by Crippen LogP contribution is -2.25. The Hall–Kier alpha value is -1.22. The summed E-state index contributed by atoms with van der Waals surface area (Å²) >= 11 is 0. The predicted octanol–water partition coefficient (Wildman–Crippen LogP) is 4.04. The quantitative estimate of drug-likeness (QED) is 0.858. The number of hydrogen-bond donors (Lipinski definition) is 1. The molecule has 1 fully saturated rings. The molecule has 0 spiro atoms. The third kappa shape index (κ3) is 2.52. The molecule has 1 N–H and O–H groups in total. The summed E-state index contributed by atoms with van der Waals surface area (Å²) in [6.07, 6.45) is 0. The number of nitrogens with one attached hydrogen (secondary N) is 1. The molecule has 0 heterocycles. The van der Waals surface area contributed by atoms with Crippen molar-refractivity contribution in [3.05, 3.63) is 23.8 Å². The fraction of sp³-hybridized carbons (Fsp3) is 0.667. The second-order valence-electron chi connectivity index (χ2n) is 7.07. The molecule has 0 bridgehead atoms. The largest absolute Gasteiger partial charge is 0.493 e. The number of methoxy groups -OCH3 is 2. The lowest BCUT2D eigenvalue weighted by molar-refractivity contribution is 0.352. The Balaban J connectivity index is 2.36. The Morgan fingerprint density at radius 3 is 2.05 bits per heavy atom. The van der Waals surface area contributed by atoms with Crippen LogP contribution in [-0.2, 0) is 0 Å². The van der Waals surface area contributed by atoms with E-state index in [9.17, 15) is 0 Å². The van der Waals surface area contributed by atoms with Crippen molar-refractivity contribution in [3.63, 3.8) is 0 Å². The minimum Gasteiger partial charge on any atom is -0.493 e. The molecule has 3 heteroatoms. The Labute approximate surface area is 129 Å². The first kappa shape index (κ1) is 16.2. The number of hydrogen-bond acceptors (Lipinski definition) is 3. The summed E-state index contributed by atoms with van der Waals surface area (Å²) in [6.45, 7) is 12.6. The highest BCUT2D eigenvalue weighted by molar-refractivity contribution is 5.44. The van der Waals surface area contributed by atoms with Gasteiger partial charge in [-0.05, 0) is 41.0 Å². The van der Waals surface area contributed by atoms with E-state index in [4.69, 9.17) is 9.47 Å². The molecular formula is C18H29NO2. The number of ether oxygens (including phenoxy) is 2. The van der Waals surface area contributed by atoms with Crippen LogP contribution < -0.4 is 14.8 Å². The van der Waals surface area contributed by atoms with Crippen LogP contribution in [0.4, 0.5) is 0 Å². The summed E-state index contributed by atoms with van der Waals surface area (Å²) in [7, 11) is 3.36. The van der Waals surface area contributed by atoms with Gasteiger partial charge in [0.15, 0.2) is 11.5 Å². The van der Waals surface area contributed by atoms with E-state index in [1.807, 2.05) is 6.07 Å². The van der Waals surface area contributed by atoms with E-state index in [0.29, 0.717) is 22.8 Å². The standard InChI is InChI=1S/C18H29NO2/c1-8-19-15(16-17(2,3)18(16,4)5)12-9-10-13(20-6)14(11-12)21-7/h9-11,15-16,19H,8H2,1-7H3. The highest BCUT2D eigenvalue weighted by Crippen LogP contribution is 2.72. The predicted molar refractivity (Wildman–Crippen MR) is 87.0 cm³/mol. The van der Waals surface area contributed by atoms with Crippen LogP contribution in [-0.4, -0.2) is 20.8 Å². The summed E-state index contributed by atoms with van der Waals surface area (Å²) in [5.74, 6) is 2.20. The smallest absolute Gasteiger partial charge is 0.161 e. The van der Waals surface area contributed by atoms with Crippen molar-refractivity contribution in [1.82, 2.24) is 5.32 Å². The van der Waals surface area contributed by atoms with Crippen molar-refractivity contribution < 1.29 is 9.47 Å². The molecule has 2 rings (SSSR count). The first-order valence-corrected chi connectivity index (χ1v) is 7.76. The van der Waals surface area contributed by atoms with Crippen LogP contribution in [0.5, 0.6) is 11.5 Å². The maximum absolute atomic E-state index is 5.46. The Kier molecular flexibility index (Phi) is 4.25. The van der Waals surface area contributed by atoms with E-state index in [0.717, 1.165) is 18.0 Å². The van der Waals surface area contributed by atoms with Crippen LogP contribution in [0.1, 0.15) is 46.2 Å². The molecule has 1 aliphatic rings. The number of rotatable bonds is 6. The van der Waals surface area contributed by atoms with E-state index in [1.54, 1.807) is 14.2 Å². The fourth-order valence-corrected chi connectivity index (χ4v) is 3.78. The lowest BCUT2D eigenvalue weighted by Gasteiger charge is -2.22. The third-order valence-corrected chi connectivity index (χ3v) is 5.66. The van der Waals surface area contributed by atoms with E-state index in [1.165, 1.54) is 5.56 Å². The first-order valence-electron chi connectivity index (χ1n) is 7.76. The molecule has 0 aliphatic heterocycles. The topological polar surface area (TPSA) is 30.5 Å². The van der Waals surface area contributed by atoms with Crippen LogP contribution >= 0.6 is 0 Å². The maximum Gasteiger partial charge on any atom is 0.161 e. The van der Waals surface area contributed by atoms with Gasteiger partial charge in [-0.1, -0.05) is 40.7 Å². The summed E-state index contributed by atoms with van der Waals surface area (Å²) in [5.41, 5.74) is 1.96. The van der Waals surface area contributed by atoms with Gasteiger partial charge in [0, 0.05) is 6.04 Å². The van der Waals surface area contributed by atoms with Gasteiger partial charge in [-0.15, -0.1) is 0 Å². The lowest BCUT2D eigenvalue weighted by atomic mass is 9.96. The Morgan fingerprint density at radius 2 is 1.62 bits per heavy atom. The van der Waals surface area contributed by atoms with Gasteiger partial charge in [-0.25, -0.2) is 0 Å². The average molecular weight is 291 g/mol. The minimum atomic E-state index is 0.340. The van der Waals surface area contributed by atoms with Crippen LogP contribution in [0.25, 0.3) is 0 Å². The molecular weight excluding hydrogens is 262 g/mol. The van der Waals surface area contributed by atoms with Crippen molar-refractivity contribution in [2.75, 3.05) is 20.8 Å². The van der Waals surface area contributed by atoms with Crippen LogP contribution in [0, 0.1) is 16.7 Å². The van der Waals surface area contributed by atoms with Gasteiger partial charge < -0.3 is 14.8 Å². The van der Waals surface area contributed by atoms with Gasteiger partial charge in [0.2, 0.25) is 0 Å². The van der Waals surface area contributed by atoms with Crippen molar-refractivity contribution in [3.8, 4) is 11.5 Å². The molecule has 21 heavy (non-hydrogen) atoms. The summed E-state index contributed by atoms with van der Waals surface area (Å²) in [6, 6.07) is 6.61. The van der Waals surface area contributed by atoms with Gasteiger partial charge in [0.1, 0.15) is 0 Å². The Morgan fingerprint density at radius 1 is 1.05 bits per heavy atom. The zero-order valence-electron chi connectivity index (χ0n) is 14.4. The first-order chi connectivity index (χ1) is 9.81. The zero-order chi connectivity index (χ0) is 15.8. The normalized spacial score (nSPS) is 20.9. The van der Waals surface area contributed by atoms with Crippen molar-refractivity contribution in [2.24, 2.45) is 16.7 Å². The summed E-state index contributed by atoms with van der Waals surface area (Å²) < 4.78 is 10.8. The van der Waals surface area contributed by atoms with Crippen LogP contribution in [0.3, 0.4) is 0 Å². The van der Waals surface area contributed by atoms with Gasteiger partial charge in [0.25, 0.3) is 0 Å². The molecule has 1 unspecified atom stereocenters. The Bertz CT molecular complexity index is 494. The monoisotopic (exact) mass is 291 g/mol. The molecule has 1 saturated carbocycles. The van der Waals surface area contributed by atoms with Crippen molar-refractivity contribution in [1.29, 1.82) is 0 Å². The molecule has 1 atom stereocenters. The molecule has 0 amide bonds. The third-order valence-electron chi connectivity index (χ3n) is 5.66. The molecule has 118 valence electrons. The molecule has 1 aromatic rings. The summed E-state index contributed by atoms with van der Waals surface area (Å²) in [4.78, 5) is 0. The molecule has 0 aromatic heterocycles. The fourth-order valence-electron chi connectivity index (χ4n) is 3.78. The van der Waals surface area contributed by atoms with Crippen LogP contribution in [0.2, 0.25) is 0 Å². The zero-order valence-corrected chi connectivity index (χ0v) is 14.4. The SMILES string of the molecule is CCNC(c1ccc(OC)c(OC)c1)C1C(C)(C)C1(C)C. The van der Waals surface area contributed by atoms with Crippen molar-refractivity contribution >= 4 is 0 Å². The highest BCUT2D eigenvalue weighted by Gasteiger charge is 2.67. The van der Waals surface area contributed by atoms with E-state index in [-0.39, 0.29) is 0 Å². The van der Waals surface area contributed by atoms with E-state index < -0.39 is 0 Å². The van der Waals surface area contributed by atoms with Gasteiger partial charge in [-0.3, -0.25) is 0 Å². The van der Waals surface area contributed by atoms with E-state index in [2.05, 4.69) is 52.1 Å². The van der Waals surface area contributed by atoms with Gasteiger partial charge in [-0.2, -0.15) is 0 Å².